The monoisotopic (exact) mass is 359 g/mol. The van der Waals surface area contributed by atoms with E-state index in [9.17, 15) is 13.2 Å². The van der Waals surface area contributed by atoms with Gasteiger partial charge in [-0.15, -0.1) is 0 Å². The minimum Gasteiger partial charge on any atom is -0.475 e. The van der Waals surface area contributed by atoms with Gasteiger partial charge in [-0.3, -0.25) is 4.31 Å². The molecule has 0 atom stereocenters. The van der Waals surface area contributed by atoms with E-state index in [4.69, 9.17) is 9.52 Å². The van der Waals surface area contributed by atoms with Gasteiger partial charge in [-0.25, -0.2) is 13.2 Å². The summed E-state index contributed by atoms with van der Waals surface area (Å²) in [6.07, 6.45) is 0. The molecule has 8 heteroatoms. The Morgan fingerprint density at radius 1 is 1.30 bits per heavy atom. The Morgan fingerprint density at radius 2 is 1.90 bits per heavy atom. The maximum atomic E-state index is 12.4. The molecule has 0 aliphatic heterocycles. The van der Waals surface area contributed by atoms with Gasteiger partial charge < -0.3 is 9.52 Å². The van der Waals surface area contributed by atoms with Gasteiger partial charge in [0.25, 0.3) is 10.0 Å². The van der Waals surface area contributed by atoms with E-state index in [0.29, 0.717) is 5.69 Å². The summed E-state index contributed by atoms with van der Waals surface area (Å²) in [7, 11) is -2.53. The van der Waals surface area contributed by atoms with Crippen LogP contribution in [0.3, 0.4) is 0 Å². The predicted molar refractivity (Wildman–Crippen MR) is 75.4 cm³/mol. The Morgan fingerprint density at radius 3 is 2.40 bits per heavy atom. The molecule has 0 radical (unpaired) electrons. The molecule has 0 spiro atoms. The third-order valence-corrected chi connectivity index (χ3v) is 5.27. The number of sulfonamides is 1. The number of para-hydroxylation sites is 1. The lowest BCUT2D eigenvalue weighted by Crippen LogP contribution is -2.26. The van der Waals surface area contributed by atoms with Crippen LogP contribution >= 0.6 is 15.9 Å². The maximum Gasteiger partial charge on any atom is 0.371 e. The zero-order valence-electron chi connectivity index (χ0n) is 10.3. The van der Waals surface area contributed by atoms with E-state index in [2.05, 4.69) is 15.9 Å². The molecular weight excluding hydrogens is 350 g/mol. The Bertz CT molecular complexity index is 738. The summed E-state index contributed by atoms with van der Waals surface area (Å²) in [6.45, 7) is 0. The molecule has 0 amide bonds. The molecule has 0 unspecified atom stereocenters. The fourth-order valence-corrected chi connectivity index (χ4v) is 3.65. The average molecular weight is 360 g/mol. The van der Waals surface area contributed by atoms with E-state index < -0.39 is 21.8 Å². The van der Waals surface area contributed by atoms with Crippen LogP contribution in [0.15, 0.2) is 50.4 Å². The van der Waals surface area contributed by atoms with Crippen molar-refractivity contribution in [2.45, 2.75) is 4.90 Å². The largest absolute Gasteiger partial charge is 0.475 e. The van der Waals surface area contributed by atoms with E-state index >= 15 is 0 Å². The van der Waals surface area contributed by atoms with E-state index in [0.717, 1.165) is 10.4 Å². The number of carboxylic acid groups (broad SMARTS) is 1. The third-order valence-electron chi connectivity index (χ3n) is 2.62. The molecule has 1 aromatic carbocycles. The number of hydrogen-bond donors (Lipinski definition) is 1. The second-order valence-corrected chi connectivity index (χ2v) is 6.52. The lowest BCUT2D eigenvalue weighted by molar-refractivity contribution is 0.0661. The van der Waals surface area contributed by atoms with Crippen LogP contribution in [0.4, 0.5) is 5.69 Å². The van der Waals surface area contributed by atoms with Crippen molar-refractivity contribution in [1.82, 2.24) is 0 Å². The van der Waals surface area contributed by atoms with Crippen molar-refractivity contribution in [3.05, 3.63) is 46.8 Å². The Labute approximate surface area is 123 Å². The normalized spacial score (nSPS) is 11.3. The van der Waals surface area contributed by atoms with Crippen molar-refractivity contribution in [3.8, 4) is 0 Å². The van der Waals surface area contributed by atoms with Crippen molar-refractivity contribution < 1.29 is 22.7 Å². The lowest BCUT2D eigenvalue weighted by atomic mass is 10.3. The highest BCUT2D eigenvalue weighted by Gasteiger charge is 2.28. The Hall–Kier alpha value is -1.80. The first-order valence-corrected chi connectivity index (χ1v) is 7.64. The number of rotatable bonds is 4. The average Bonchev–Trinajstić information content (AvgIpc) is 2.82. The lowest BCUT2D eigenvalue weighted by Gasteiger charge is -2.18. The molecule has 0 aliphatic carbocycles. The highest BCUT2D eigenvalue weighted by atomic mass is 79.9. The van der Waals surface area contributed by atoms with Gasteiger partial charge in [-0.1, -0.05) is 18.2 Å². The molecule has 2 rings (SSSR count). The predicted octanol–water partition coefficient (Wildman–Crippen LogP) is 2.57. The molecule has 0 aliphatic rings. The summed E-state index contributed by atoms with van der Waals surface area (Å²) >= 11 is 2.93. The standard InChI is InChI=1S/C12H10BrNO5S/c1-14(8-5-3-2-4-6-8)20(17,18)10-7-9(12(15)16)19-11(10)13/h2-7H,1H3,(H,15,16). The van der Waals surface area contributed by atoms with Gasteiger partial charge in [0, 0.05) is 13.1 Å². The third kappa shape index (κ3) is 2.56. The smallest absolute Gasteiger partial charge is 0.371 e. The molecular formula is C12H10BrNO5S. The molecule has 0 saturated heterocycles. The zero-order chi connectivity index (χ0) is 14.9. The van der Waals surface area contributed by atoms with Crippen LogP contribution in [0.2, 0.25) is 0 Å². The molecule has 0 saturated carbocycles. The number of aromatic carboxylic acids is 1. The van der Waals surface area contributed by atoms with Gasteiger partial charge in [0.15, 0.2) is 4.67 Å². The van der Waals surface area contributed by atoms with E-state index in [1.165, 1.54) is 7.05 Å². The highest BCUT2D eigenvalue weighted by molar-refractivity contribution is 9.10. The molecule has 106 valence electrons. The van der Waals surface area contributed by atoms with E-state index in [1.54, 1.807) is 30.3 Å². The number of carbonyl (C=O) groups is 1. The molecule has 2 aromatic rings. The fraction of sp³-hybridized carbons (Fsp3) is 0.0833. The molecule has 1 aromatic heterocycles. The summed E-state index contributed by atoms with van der Waals surface area (Å²) in [5.74, 6) is -1.79. The highest BCUT2D eigenvalue weighted by Crippen LogP contribution is 2.30. The number of benzene rings is 1. The molecule has 0 fully saturated rings. The summed E-state index contributed by atoms with van der Waals surface area (Å²) in [5.41, 5.74) is 0.456. The SMILES string of the molecule is CN(c1ccccc1)S(=O)(=O)c1cc(C(=O)O)oc1Br. The second kappa shape index (κ2) is 5.29. The van der Waals surface area contributed by atoms with Crippen LogP contribution in [-0.4, -0.2) is 26.5 Å². The van der Waals surface area contributed by atoms with Gasteiger partial charge in [0.1, 0.15) is 4.90 Å². The van der Waals surface area contributed by atoms with Gasteiger partial charge in [0.2, 0.25) is 5.76 Å². The van der Waals surface area contributed by atoms with Gasteiger partial charge in [0.05, 0.1) is 5.69 Å². The molecule has 20 heavy (non-hydrogen) atoms. The van der Waals surface area contributed by atoms with Crippen LogP contribution in [0.25, 0.3) is 0 Å². The summed E-state index contributed by atoms with van der Waals surface area (Å²) < 4.78 is 30.6. The van der Waals surface area contributed by atoms with E-state index in [1.807, 2.05) is 0 Å². The first-order chi connectivity index (χ1) is 9.34. The summed E-state index contributed by atoms with van der Waals surface area (Å²) in [5, 5.41) is 8.82. The van der Waals surface area contributed by atoms with Crippen molar-refractivity contribution >= 4 is 37.6 Å². The number of anilines is 1. The van der Waals surface area contributed by atoms with Crippen LogP contribution < -0.4 is 4.31 Å². The maximum absolute atomic E-state index is 12.4. The zero-order valence-corrected chi connectivity index (χ0v) is 12.7. The summed E-state index contributed by atoms with van der Waals surface area (Å²) in [4.78, 5) is 10.6. The fourth-order valence-electron chi connectivity index (χ4n) is 1.56. The minimum absolute atomic E-state index is 0.141. The van der Waals surface area contributed by atoms with Crippen molar-refractivity contribution in [3.63, 3.8) is 0 Å². The van der Waals surface area contributed by atoms with Crippen molar-refractivity contribution in [1.29, 1.82) is 0 Å². The second-order valence-electron chi connectivity index (χ2n) is 3.86. The van der Waals surface area contributed by atoms with Crippen LogP contribution in [0.5, 0.6) is 0 Å². The van der Waals surface area contributed by atoms with Crippen LogP contribution in [0, 0.1) is 0 Å². The molecule has 1 heterocycles. The number of furan rings is 1. The number of hydrogen-bond acceptors (Lipinski definition) is 4. The minimum atomic E-state index is -3.91. The molecule has 0 bridgehead atoms. The molecule has 6 nitrogen and oxygen atoms in total. The van der Waals surface area contributed by atoms with Crippen molar-refractivity contribution in [2.75, 3.05) is 11.4 Å². The first kappa shape index (κ1) is 14.6. The van der Waals surface area contributed by atoms with Crippen molar-refractivity contribution in [2.24, 2.45) is 0 Å². The van der Waals surface area contributed by atoms with Gasteiger partial charge >= 0.3 is 5.97 Å². The first-order valence-electron chi connectivity index (χ1n) is 5.40. The van der Waals surface area contributed by atoms with Crippen LogP contribution in [0.1, 0.15) is 10.6 Å². The van der Waals surface area contributed by atoms with Gasteiger partial charge in [-0.2, -0.15) is 0 Å². The quantitative estimate of drug-likeness (QED) is 0.906. The Kier molecular flexibility index (Phi) is 3.87. The topological polar surface area (TPSA) is 87.8 Å². The number of halogens is 1. The Balaban J connectivity index is 2.48. The van der Waals surface area contributed by atoms with E-state index in [-0.39, 0.29) is 9.56 Å². The summed E-state index contributed by atoms with van der Waals surface area (Å²) in [6, 6.07) is 9.40. The van der Waals surface area contributed by atoms with Crippen LogP contribution in [-0.2, 0) is 10.0 Å². The molecule has 1 N–H and O–H groups in total. The number of nitrogens with zero attached hydrogens (tertiary/aromatic N) is 1. The number of carboxylic acids is 1. The van der Waals surface area contributed by atoms with Gasteiger partial charge in [-0.05, 0) is 28.1 Å².